The van der Waals surface area contributed by atoms with E-state index in [-0.39, 0.29) is 24.7 Å². The standard InChI is InChI=1S/C21H28N2O6/c1-2-28-17-10-8-15(9-11-17)18(24)12-13-20(26)29-14-19(25)23-21(27)22-16-6-4-3-5-7-16/h8-11,16H,2-7,12-14H2,1H3,(H2,22,23,25,27). The molecular weight excluding hydrogens is 376 g/mol. The molecule has 0 heterocycles. The van der Waals surface area contributed by atoms with Crippen LogP contribution in [-0.4, -0.2) is 42.9 Å². The van der Waals surface area contributed by atoms with E-state index in [1.165, 1.54) is 0 Å². The van der Waals surface area contributed by atoms with Gasteiger partial charge in [-0.05, 0) is 44.0 Å². The van der Waals surface area contributed by atoms with Crippen LogP contribution in [0.4, 0.5) is 4.79 Å². The number of ketones is 1. The van der Waals surface area contributed by atoms with Gasteiger partial charge in [0.1, 0.15) is 5.75 Å². The van der Waals surface area contributed by atoms with Crippen LogP contribution >= 0.6 is 0 Å². The maximum absolute atomic E-state index is 12.1. The third-order valence-corrected chi connectivity index (χ3v) is 4.60. The molecule has 0 bridgehead atoms. The van der Waals surface area contributed by atoms with Crippen LogP contribution in [0.15, 0.2) is 24.3 Å². The smallest absolute Gasteiger partial charge is 0.321 e. The van der Waals surface area contributed by atoms with E-state index >= 15 is 0 Å². The second-order valence-corrected chi connectivity index (χ2v) is 6.90. The van der Waals surface area contributed by atoms with Gasteiger partial charge < -0.3 is 14.8 Å². The van der Waals surface area contributed by atoms with Gasteiger partial charge in [-0.15, -0.1) is 0 Å². The molecule has 1 aromatic carbocycles. The number of hydrogen-bond donors (Lipinski definition) is 2. The fraction of sp³-hybridized carbons (Fsp3) is 0.524. The molecular formula is C21H28N2O6. The molecule has 0 spiro atoms. The molecule has 2 rings (SSSR count). The minimum absolute atomic E-state index is 0.0312. The number of imide groups is 1. The number of amides is 3. The monoisotopic (exact) mass is 404 g/mol. The van der Waals surface area contributed by atoms with E-state index in [2.05, 4.69) is 10.6 Å². The number of Topliss-reactive ketones (excluding diaryl/α,β-unsaturated/α-hetero) is 1. The summed E-state index contributed by atoms with van der Waals surface area (Å²) in [4.78, 5) is 47.3. The van der Waals surface area contributed by atoms with E-state index in [1.54, 1.807) is 24.3 Å². The van der Waals surface area contributed by atoms with Crippen molar-refractivity contribution in [3.8, 4) is 5.75 Å². The maximum atomic E-state index is 12.1. The molecule has 1 saturated carbocycles. The molecule has 3 amide bonds. The lowest BCUT2D eigenvalue weighted by Crippen LogP contribution is -2.46. The highest BCUT2D eigenvalue weighted by Gasteiger charge is 2.18. The van der Waals surface area contributed by atoms with Crippen LogP contribution in [0.5, 0.6) is 5.75 Å². The molecule has 158 valence electrons. The topological polar surface area (TPSA) is 111 Å². The van der Waals surface area contributed by atoms with Crippen LogP contribution in [0.1, 0.15) is 62.2 Å². The number of nitrogens with one attached hydrogen (secondary N) is 2. The highest BCUT2D eigenvalue weighted by Crippen LogP contribution is 2.17. The van der Waals surface area contributed by atoms with Gasteiger partial charge in [-0.2, -0.15) is 0 Å². The summed E-state index contributed by atoms with van der Waals surface area (Å²) in [6.07, 6.45) is 4.91. The van der Waals surface area contributed by atoms with Gasteiger partial charge in [-0.1, -0.05) is 19.3 Å². The Kier molecular flexibility index (Phi) is 9.14. The van der Waals surface area contributed by atoms with E-state index in [0.717, 1.165) is 32.1 Å². The predicted molar refractivity (Wildman–Crippen MR) is 106 cm³/mol. The van der Waals surface area contributed by atoms with Crippen LogP contribution < -0.4 is 15.4 Å². The van der Waals surface area contributed by atoms with Gasteiger partial charge in [0.05, 0.1) is 13.0 Å². The van der Waals surface area contributed by atoms with Gasteiger partial charge in [0.25, 0.3) is 5.91 Å². The summed E-state index contributed by atoms with van der Waals surface area (Å²) in [5, 5.41) is 4.89. The fourth-order valence-corrected chi connectivity index (χ4v) is 3.11. The molecule has 0 unspecified atom stereocenters. The van der Waals surface area contributed by atoms with Gasteiger partial charge in [0.2, 0.25) is 0 Å². The summed E-state index contributed by atoms with van der Waals surface area (Å²) < 4.78 is 10.1. The van der Waals surface area contributed by atoms with Crippen molar-refractivity contribution in [2.45, 2.75) is 57.9 Å². The number of esters is 1. The van der Waals surface area contributed by atoms with E-state index in [0.29, 0.717) is 17.9 Å². The second-order valence-electron chi connectivity index (χ2n) is 6.90. The third kappa shape index (κ3) is 8.33. The Morgan fingerprint density at radius 1 is 1.00 bits per heavy atom. The molecule has 0 radical (unpaired) electrons. The summed E-state index contributed by atoms with van der Waals surface area (Å²) in [5.41, 5.74) is 0.471. The molecule has 8 nitrogen and oxygen atoms in total. The number of urea groups is 1. The average molecular weight is 404 g/mol. The van der Waals surface area contributed by atoms with Crippen molar-refractivity contribution < 1.29 is 28.7 Å². The number of ether oxygens (including phenoxy) is 2. The van der Waals surface area contributed by atoms with Gasteiger partial charge in [-0.3, -0.25) is 19.7 Å². The van der Waals surface area contributed by atoms with Crippen LogP contribution in [0.2, 0.25) is 0 Å². The SMILES string of the molecule is CCOc1ccc(C(=O)CCC(=O)OCC(=O)NC(=O)NC2CCCCC2)cc1. The number of benzene rings is 1. The first-order chi connectivity index (χ1) is 14.0. The molecule has 0 saturated heterocycles. The zero-order valence-electron chi connectivity index (χ0n) is 16.7. The lowest BCUT2D eigenvalue weighted by molar-refractivity contribution is -0.148. The highest BCUT2D eigenvalue weighted by atomic mass is 16.5. The van der Waals surface area contributed by atoms with Crippen molar-refractivity contribution in [3.05, 3.63) is 29.8 Å². The Labute approximate surface area is 170 Å². The van der Waals surface area contributed by atoms with Crippen molar-refractivity contribution in [2.75, 3.05) is 13.2 Å². The van der Waals surface area contributed by atoms with Crippen molar-refractivity contribution in [3.63, 3.8) is 0 Å². The molecule has 0 aliphatic heterocycles. The van der Waals surface area contributed by atoms with Crippen LogP contribution in [0.3, 0.4) is 0 Å². The van der Waals surface area contributed by atoms with E-state index in [1.807, 2.05) is 6.92 Å². The van der Waals surface area contributed by atoms with Gasteiger partial charge in [0, 0.05) is 18.0 Å². The van der Waals surface area contributed by atoms with Crippen molar-refractivity contribution in [1.82, 2.24) is 10.6 Å². The van der Waals surface area contributed by atoms with Crippen molar-refractivity contribution >= 4 is 23.7 Å². The number of carbonyl (C=O) groups excluding carboxylic acids is 4. The second kappa shape index (κ2) is 11.8. The molecule has 1 fully saturated rings. The lowest BCUT2D eigenvalue weighted by Gasteiger charge is -2.22. The number of carbonyl (C=O) groups is 4. The molecule has 1 aliphatic rings. The largest absolute Gasteiger partial charge is 0.494 e. The Balaban J connectivity index is 1.63. The zero-order valence-corrected chi connectivity index (χ0v) is 16.7. The first kappa shape index (κ1) is 22.4. The minimum atomic E-state index is -0.704. The Bertz CT molecular complexity index is 710. The lowest BCUT2D eigenvalue weighted by atomic mass is 9.96. The highest BCUT2D eigenvalue weighted by molar-refractivity contribution is 5.98. The minimum Gasteiger partial charge on any atom is -0.494 e. The van der Waals surface area contributed by atoms with Gasteiger partial charge in [-0.25, -0.2) is 4.79 Å². The molecule has 8 heteroatoms. The van der Waals surface area contributed by atoms with Crippen molar-refractivity contribution in [1.29, 1.82) is 0 Å². The summed E-state index contributed by atoms with van der Waals surface area (Å²) in [7, 11) is 0. The Hall–Kier alpha value is -2.90. The van der Waals surface area contributed by atoms with Crippen LogP contribution in [-0.2, 0) is 14.3 Å². The summed E-state index contributed by atoms with van der Waals surface area (Å²) >= 11 is 0. The first-order valence-corrected chi connectivity index (χ1v) is 10.00. The molecule has 0 aromatic heterocycles. The summed E-state index contributed by atoms with van der Waals surface area (Å²) in [6.45, 7) is 1.84. The molecule has 2 N–H and O–H groups in total. The first-order valence-electron chi connectivity index (χ1n) is 10.00. The van der Waals surface area contributed by atoms with Gasteiger partial charge >= 0.3 is 12.0 Å². The number of hydrogen-bond acceptors (Lipinski definition) is 6. The number of rotatable bonds is 9. The third-order valence-electron chi connectivity index (χ3n) is 4.60. The van der Waals surface area contributed by atoms with Crippen LogP contribution in [0.25, 0.3) is 0 Å². The Morgan fingerprint density at radius 2 is 1.69 bits per heavy atom. The zero-order chi connectivity index (χ0) is 21.1. The van der Waals surface area contributed by atoms with E-state index in [9.17, 15) is 19.2 Å². The molecule has 1 aromatic rings. The summed E-state index contributed by atoms with van der Waals surface area (Å²) in [6, 6.07) is 6.15. The molecule has 1 aliphatic carbocycles. The maximum Gasteiger partial charge on any atom is 0.321 e. The average Bonchev–Trinajstić information content (AvgIpc) is 2.72. The van der Waals surface area contributed by atoms with E-state index < -0.39 is 24.5 Å². The fourth-order valence-electron chi connectivity index (χ4n) is 3.11. The summed E-state index contributed by atoms with van der Waals surface area (Å²) in [5.74, 6) is -0.917. The quantitative estimate of drug-likeness (QED) is 0.484. The van der Waals surface area contributed by atoms with Gasteiger partial charge in [0.15, 0.2) is 12.4 Å². The predicted octanol–water partition coefficient (Wildman–Crippen LogP) is 2.75. The normalized spacial score (nSPS) is 14.0. The van der Waals surface area contributed by atoms with Crippen LogP contribution in [0, 0.1) is 0 Å². The Morgan fingerprint density at radius 3 is 2.34 bits per heavy atom. The molecule has 0 atom stereocenters. The van der Waals surface area contributed by atoms with E-state index in [4.69, 9.17) is 9.47 Å². The van der Waals surface area contributed by atoms with Crippen molar-refractivity contribution in [2.24, 2.45) is 0 Å². The molecule has 29 heavy (non-hydrogen) atoms.